The van der Waals surface area contributed by atoms with Gasteiger partial charge in [0.25, 0.3) is 0 Å². The van der Waals surface area contributed by atoms with Crippen LogP contribution in [0, 0.1) is 0 Å². The van der Waals surface area contributed by atoms with Crippen LogP contribution in [0.15, 0.2) is 53.4 Å². The largest absolute Gasteiger partial charge is 0.497 e. The highest BCUT2D eigenvalue weighted by atomic mass is 32.2. The number of piperazine rings is 1. The molecule has 0 atom stereocenters. The van der Waals surface area contributed by atoms with E-state index < -0.39 is 10.0 Å². The summed E-state index contributed by atoms with van der Waals surface area (Å²) >= 11 is 0. The molecule has 162 valence electrons. The predicted molar refractivity (Wildman–Crippen MR) is 117 cm³/mol. The van der Waals surface area contributed by atoms with E-state index >= 15 is 0 Å². The van der Waals surface area contributed by atoms with Crippen LogP contribution < -0.4 is 10.1 Å². The highest BCUT2D eigenvalue weighted by Gasteiger charge is 2.29. The summed E-state index contributed by atoms with van der Waals surface area (Å²) in [5.74, 6) is 0.958. The van der Waals surface area contributed by atoms with Gasteiger partial charge < -0.3 is 10.1 Å². The molecule has 1 N–H and O–H groups in total. The van der Waals surface area contributed by atoms with Crippen LogP contribution in [0.2, 0.25) is 0 Å². The molecule has 30 heavy (non-hydrogen) atoms. The van der Waals surface area contributed by atoms with Crippen molar-refractivity contribution >= 4 is 21.6 Å². The van der Waals surface area contributed by atoms with Gasteiger partial charge >= 0.3 is 0 Å². The molecule has 1 amide bonds. The van der Waals surface area contributed by atoms with E-state index in [1.807, 2.05) is 17.0 Å². The Kier molecular flexibility index (Phi) is 7.12. The minimum atomic E-state index is -3.52. The number of anilines is 1. The van der Waals surface area contributed by atoms with E-state index in [1.165, 1.54) is 4.31 Å². The van der Waals surface area contributed by atoms with Crippen molar-refractivity contribution in [2.24, 2.45) is 0 Å². The summed E-state index contributed by atoms with van der Waals surface area (Å²) in [6, 6.07) is 14.2. The van der Waals surface area contributed by atoms with Crippen molar-refractivity contribution in [1.29, 1.82) is 0 Å². The van der Waals surface area contributed by atoms with E-state index in [0.29, 0.717) is 42.7 Å². The molecular weight excluding hydrogens is 402 g/mol. The normalized spacial score (nSPS) is 15.9. The van der Waals surface area contributed by atoms with Crippen LogP contribution in [-0.4, -0.2) is 63.4 Å². The minimum Gasteiger partial charge on any atom is -0.497 e. The third-order valence-corrected chi connectivity index (χ3v) is 7.17. The number of ether oxygens (including phenoxy) is 1. The number of carbonyl (C=O) groups excluding carboxylic acids is 1. The second kappa shape index (κ2) is 9.59. The first kappa shape index (κ1) is 22.3. The standard InChI is InChI=1S/C22H29N3O4S/c1-17(2)18-4-10-21(11-5-18)30(27,28)25-14-12-24(13-15-25)16-22(26)23-19-6-8-20(29-3)9-7-19/h4-11,17H,12-16H2,1-3H3,(H,23,26). The quantitative estimate of drug-likeness (QED) is 0.729. The first-order chi connectivity index (χ1) is 14.3. The Balaban J connectivity index is 1.52. The van der Waals surface area contributed by atoms with Crippen LogP contribution in [0.4, 0.5) is 5.69 Å². The first-order valence-corrected chi connectivity index (χ1v) is 11.5. The highest BCUT2D eigenvalue weighted by Crippen LogP contribution is 2.21. The maximum absolute atomic E-state index is 12.9. The van der Waals surface area contributed by atoms with Crippen molar-refractivity contribution in [2.75, 3.05) is 45.2 Å². The predicted octanol–water partition coefficient (Wildman–Crippen LogP) is 2.76. The number of rotatable bonds is 7. The summed E-state index contributed by atoms with van der Waals surface area (Å²) in [5.41, 5.74) is 1.81. The molecule has 0 aromatic heterocycles. The Morgan fingerprint density at radius 3 is 2.13 bits per heavy atom. The van der Waals surface area contributed by atoms with Gasteiger partial charge in [0.1, 0.15) is 5.75 Å². The molecule has 1 saturated heterocycles. The first-order valence-electron chi connectivity index (χ1n) is 10.1. The van der Waals surface area contributed by atoms with Gasteiger partial charge in [-0.15, -0.1) is 0 Å². The van der Waals surface area contributed by atoms with Gasteiger partial charge in [0.05, 0.1) is 18.6 Å². The Hall–Kier alpha value is -2.42. The lowest BCUT2D eigenvalue weighted by Crippen LogP contribution is -2.50. The fourth-order valence-electron chi connectivity index (χ4n) is 3.38. The number of carbonyl (C=O) groups is 1. The third-order valence-electron chi connectivity index (χ3n) is 5.26. The Morgan fingerprint density at radius 1 is 1.00 bits per heavy atom. The summed E-state index contributed by atoms with van der Waals surface area (Å²) in [7, 11) is -1.93. The van der Waals surface area contributed by atoms with Gasteiger partial charge in [0.2, 0.25) is 15.9 Å². The number of nitrogens with zero attached hydrogens (tertiary/aromatic N) is 2. The molecule has 1 aliphatic rings. The second-order valence-corrected chi connectivity index (χ2v) is 9.62. The molecule has 0 aliphatic carbocycles. The molecule has 1 fully saturated rings. The maximum Gasteiger partial charge on any atom is 0.243 e. The summed E-state index contributed by atoms with van der Waals surface area (Å²) < 4.78 is 32.4. The maximum atomic E-state index is 12.9. The Morgan fingerprint density at radius 2 is 1.60 bits per heavy atom. The zero-order chi connectivity index (χ0) is 21.7. The lowest BCUT2D eigenvalue weighted by molar-refractivity contribution is -0.117. The zero-order valence-electron chi connectivity index (χ0n) is 17.7. The molecule has 1 aliphatic heterocycles. The average Bonchev–Trinajstić information content (AvgIpc) is 2.74. The van der Waals surface area contributed by atoms with E-state index in [4.69, 9.17) is 4.74 Å². The number of benzene rings is 2. The number of nitrogens with one attached hydrogen (secondary N) is 1. The Labute approximate surface area is 178 Å². The summed E-state index contributed by atoms with van der Waals surface area (Å²) in [6.07, 6.45) is 0. The van der Waals surface area contributed by atoms with Crippen molar-refractivity contribution in [3.8, 4) is 5.75 Å². The molecule has 2 aromatic carbocycles. The minimum absolute atomic E-state index is 0.124. The highest BCUT2D eigenvalue weighted by molar-refractivity contribution is 7.89. The van der Waals surface area contributed by atoms with Crippen LogP contribution in [-0.2, 0) is 14.8 Å². The summed E-state index contributed by atoms with van der Waals surface area (Å²) in [6.45, 7) is 6.14. The lowest BCUT2D eigenvalue weighted by Gasteiger charge is -2.33. The van der Waals surface area contributed by atoms with Crippen molar-refractivity contribution in [1.82, 2.24) is 9.21 Å². The molecule has 7 nitrogen and oxygen atoms in total. The monoisotopic (exact) mass is 431 g/mol. The van der Waals surface area contributed by atoms with E-state index in [0.717, 1.165) is 11.3 Å². The van der Waals surface area contributed by atoms with Crippen molar-refractivity contribution < 1.29 is 17.9 Å². The van der Waals surface area contributed by atoms with Gasteiger partial charge in [-0.05, 0) is 47.9 Å². The molecule has 0 bridgehead atoms. The van der Waals surface area contributed by atoms with Crippen molar-refractivity contribution in [3.63, 3.8) is 0 Å². The molecule has 3 rings (SSSR count). The van der Waals surface area contributed by atoms with Crippen LogP contribution >= 0.6 is 0 Å². The molecule has 0 saturated carbocycles. The average molecular weight is 432 g/mol. The van der Waals surface area contributed by atoms with Crippen molar-refractivity contribution in [2.45, 2.75) is 24.7 Å². The fourth-order valence-corrected chi connectivity index (χ4v) is 4.80. The SMILES string of the molecule is COc1ccc(NC(=O)CN2CCN(S(=O)(=O)c3ccc(C(C)C)cc3)CC2)cc1. The van der Waals surface area contributed by atoms with Gasteiger partial charge in [-0.2, -0.15) is 4.31 Å². The molecule has 0 radical (unpaired) electrons. The van der Waals surface area contributed by atoms with Gasteiger partial charge in [-0.25, -0.2) is 8.42 Å². The number of hydrogen-bond donors (Lipinski definition) is 1. The van der Waals surface area contributed by atoms with E-state index in [9.17, 15) is 13.2 Å². The fraction of sp³-hybridized carbons (Fsp3) is 0.409. The number of hydrogen-bond acceptors (Lipinski definition) is 5. The molecular formula is C22H29N3O4S. The van der Waals surface area contributed by atoms with Crippen molar-refractivity contribution in [3.05, 3.63) is 54.1 Å². The molecule has 8 heteroatoms. The van der Waals surface area contributed by atoms with Crippen LogP contribution in [0.25, 0.3) is 0 Å². The summed E-state index contributed by atoms with van der Waals surface area (Å²) in [4.78, 5) is 14.6. The summed E-state index contributed by atoms with van der Waals surface area (Å²) in [5, 5.41) is 2.85. The Bertz CT molecular complexity index is 949. The van der Waals surface area contributed by atoms with E-state index in [-0.39, 0.29) is 12.5 Å². The number of sulfonamides is 1. The lowest BCUT2D eigenvalue weighted by atomic mass is 10.0. The molecule has 1 heterocycles. The molecule has 0 unspecified atom stereocenters. The second-order valence-electron chi connectivity index (χ2n) is 7.68. The van der Waals surface area contributed by atoms with E-state index in [2.05, 4.69) is 19.2 Å². The number of methoxy groups -OCH3 is 1. The van der Waals surface area contributed by atoms with Crippen LogP contribution in [0.5, 0.6) is 5.75 Å². The zero-order valence-corrected chi connectivity index (χ0v) is 18.5. The van der Waals surface area contributed by atoms with Gasteiger partial charge in [-0.1, -0.05) is 26.0 Å². The van der Waals surface area contributed by atoms with E-state index in [1.54, 1.807) is 43.5 Å². The smallest absolute Gasteiger partial charge is 0.243 e. The molecule has 2 aromatic rings. The van der Waals surface area contributed by atoms with Crippen LogP contribution in [0.3, 0.4) is 0 Å². The van der Waals surface area contributed by atoms with Gasteiger partial charge in [0, 0.05) is 31.9 Å². The van der Waals surface area contributed by atoms with Gasteiger partial charge in [-0.3, -0.25) is 9.69 Å². The van der Waals surface area contributed by atoms with Crippen LogP contribution in [0.1, 0.15) is 25.3 Å². The number of amides is 1. The van der Waals surface area contributed by atoms with Gasteiger partial charge in [0.15, 0.2) is 0 Å². The topological polar surface area (TPSA) is 79.0 Å². The molecule has 0 spiro atoms. The third kappa shape index (κ3) is 5.38.